The molecule has 0 aliphatic rings. The van der Waals surface area contributed by atoms with Crippen molar-refractivity contribution in [3.63, 3.8) is 0 Å². The van der Waals surface area contributed by atoms with E-state index in [4.69, 9.17) is 11.6 Å². The van der Waals surface area contributed by atoms with Crippen LogP contribution in [0.15, 0.2) is 41.6 Å². The number of hydrogen-bond donors (Lipinski definition) is 1. The third-order valence-electron chi connectivity index (χ3n) is 3.24. The summed E-state index contributed by atoms with van der Waals surface area (Å²) in [5.74, 6) is -0.0462. The van der Waals surface area contributed by atoms with Gasteiger partial charge >= 0.3 is 12.8 Å². The second kappa shape index (κ2) is 8.36. The first-order valence-corrected chi connectivity index (χ1v) is 9.11. The maximum atomic E-state index is 12.6. The lowest BCUT2D eigenvalue weighted by Gasteiger charge is -2.11. The summed E-state index contributed by atoms with van der Waals surface area (Å²) >= 11 is 5.62. The molecular weight excluding hydrogens is 419 g/mol. The molecule has 0 spiro atoms. The van der Waals surface area contributed by atoms with Gasteiger partial charge in [-0.3, -0.25) is 0 Å². The summed E-state index contributed by atoms with van der Waals surface area (Å²) in [6, 6.07) is 6.00. The van der Waals surface area contributed by atoms with Crippen molar-refractivity contribution in [1.82, 2.24) is 9.71 Å². The summed E-state index contributed by atoms with van der Waals surface area (Å²) in [7, 11) is -4.23. The number of sulfonamides is 1. The van der Waals surface area contributed by atoms with Crippen LogP contribution in [-0.2, 0) is 22.6 Å². The minimum atomic E-state index is -4.70. The zero-order chi connectivity index (χ0) is 20.2. The van der Waals surface area contributed by atoms with E-state index in [0.29, 0.717) is 17.8 Å². The average Bonchev–Trinajstić information content (AvgIpc) is 2.54. The molecule has 27 heavy (non-hydrogen) atoms. The first-order valence-electron chi connectivity index (χ1n) is 7.25. The lowest BCUT2D eigenvalue weighted by Crippen LogP contribution is -2.27. The van der Waals surface area contributed by atoms with Gasteiger partial charge in [-0.2, -0.15) is 22.0 Å². The van der Waals surface area contributed by atoms with Gasteiger partial charge in [0.25, 0.3) is 10.0 Å². The molecule has 0 saturated carbocycles. The smallest absolute Gasteiger partial charge is 0.417 e. The Morgan fingerprint density at radius 1 is 1.19 bits per heavy atom. The van der Waals surface area contributed by atoms with Crippen molar-refractivity contribution in [3.8, 4) is 5.75 Å². The number of aromatic nitrogens is 1. The van der Waals surface area contributed by atoms with Crippen molar-refractivity contribution in [2.24, 2.45) is 0 Å². The van der Waals surface area contributed by atoms with Crippen molar-refractivity contribution in [3.05, 3.63) is 52.7 Å². The normalized spacial score (nSPS) is 12.4. The van der Waals surface area contributed by atoms with Crippen LogP contribution in [0, 0.1) is 0 Å². The predicted octanol–water partition coefficient (Wildman–Crippen LogP) is 3.88. The Morgan fingerprint density at radius 3 is 2.33 bits per heavy atom. The summed E-state index contributed by atoms with van der Waals surface area (Å²) in [6.07, 6.45) is -4.14. The third-order valence-corrected chi connectivity index (χ3v) is 5.06. The summed E-state index contributed by atoms with van der Waals surface area (Å²) in [5, 5.41) is -1.39. The number of nitrogens with one attached hydrogen (secondary N) is 1. The van der Waals surface area contributed by atoms with Crippen LogP contribution in [0.5, 0.6) is 5.75 Å². The van der Waals surface area contributed by atoms with Crippen molar-refractivity contribution in [2.75, 3.05) is 6.54 Å². The molecule has 0 aliphatic heterocycles. The molecule has 0 saturated heterocycles. The van der Waals surface area contributed by atoms with Gasteiger partial charge in [-0.15, -0.1) is 0 Å². The molecule has 5 nitrogen and oxygen atoms in total. The number of ether oxygens (including phenoxy) is 1. The molecule has 1 aromatic carbocycles. The number of halogens is 6. The lowest BCUT2D eigenvalue weighted by atomic mass is 10.1. The fourth-order valence-corrected chi connectivity index (χ4v) is 3.50. The monoisotopic (exact) mass is 430 g/mol. The molecule has 12 heteroatoms. The van der Waals surface area contributed by atoms with E-state index in [9.17, 15) is 30.4 Å². The van der Waals surface area contributed by atoms with Crippen molar-refractivity contribution in [2.45, 2.75) is 24.2 Å². The van der Waals surface area contributed by atoms with E-state index in [0.717, 1.165) is 0 Å². The fraction of sp³-hybridized carbons (Fsp3) is 0.267. The minimum Gasteiger partial charge on any atom is -0.435 e. The van der Waals surface area contributed by atoms with E-state index in [1.165, 1.54) is 24.3 Å². The first-order chi connectivity index (χ1) is 12.5. The molecule has 0 bridgehead atoms. The van der Waals surface area contributed by atoms with Crippen molar-refractivity contribution in [1.29, 1.82) is 0 Å². The highest BCUT2D eigenvalue weighted by atomic mass is 35.5. The molecule has 0 atom stereocenters. The van der Waals surface area contributed by atoms with E-state index in [-0.39, 0.29) is 18.7 Å². The molecule has 2 rings (SSSR count). The Morgan fingerprint density at radius 2 is 1.81 bits per heavy atom. The van der Waals surface area contributed by atoms with E-state index < -0.39 is 38.4 Å². The molecule has 148 valence electrons. The van der Waals surface area contributed by atoms with E-state index in [1.807, 2.05) is 0 Å². The van der Waals surface area contributed by atoms with Gasteiger partial charge in [0.15, 0.2) is 5.03 Å². The molecule has 1 heterocycles. The second-order valence-corrected chi connectivity index (χ2v) is 7.27. The predicted molar refractivity (Wildman–Crippen MR) is 86.2 cm³/mol. The Bertz CT molecular complexity index is 889. The van der Waals surface area contributed by atoms with Crippen LogP contribution in [0.4, 0.5) is 22.0 Å². The van der Waals surface area contributed by atoms with E-state index in [2.05, 4.69) is 14.4 Å². The number of benzene rings is 1. The molecular formula is C15H12ClF5N2O3S. The summed E-state index contributed by atoms with van der Waals surface area (Å²) in [6.45, 7) is -3.07. The van der Waals surface area contributed by atoms with Crippen molar-refractivity contribution < 1.29 is 35.1 Å². The van der Waals surface area contributed by atoms with Crippen LogP contribution >= 0.6 is 11.6 Å². The quantitative estimate of drug-likeness (QED) is 0.677. The largest absolute Gasteiger partial charge is 0.435 e. The Balaban J connectivity index is 2.01. The number of alkyl halides is 5. The maximum absolute atomic E-state index is 12.6. The van der Waals surface area contributed by atoms with Gasteiger partial charge in [-0.25, -0.2) is 18.1 Å². The maximum Gasteiger partial charge on any atom is 0.417 e. The molecule has 1 N–H and O–H groups in total. The van der Waals surface area contributed by atoms with Crippen LogP contribution in [-0.4, -0.2) is 26.6 Å². The zero-order valence-corrected chi connectivity index (χ0v) is 14.9. The van der Waals surface area contributed by atoms with Gasteiger partial charge in [0.2, 0.25) is 0 Å². The van der Waals surface area contributed by atoms with Crippen LogP contribution in [0.2, 0.25) is 5.02 Å². The summed E-state index contributed by atoms with van der Waals surface area (Å²) in [5.41, 5.74) is -0.552. The minimum absolute atomic E-state index is 0.0462. The second-order valence-electron chi connectivity index (χ2n) is 5.18. The van der Waals surface area contributed by atoms with E-state index in [1.54, 1.807) is 0 Å². The Hall–Kier alpha value is -1.98. The van der Waals surface area contributed by atoms with Gasteiger partial charge in [-0.05, 0) is 30.2 Å². The standard InChI is InChI=1S/C15H12ClF5N2O3S/c16-12-7-10(15(19,20)21)8-22-13(12)27(24,25)23-6-5-9-1-3-11(4-2-9)26-14(17)18/h1-4,7-8,14,23H,5-6H2. The highest BCUT2D eigenvalue weighted by molar-refractivity contribution is 7.89. The van der Waals surface area contributed by atoms with Crippen LogP contribution in [0.1, 0.15) is 11.1 Å². The summed E-state index contributed by atoms with van der Waals surface area (Å²) < 4.78 is 92.5. The SMILES string of the molecule is O=S(=O)(NCCc1ccc(OC(F)F)cc1)c1ncc(C(F)(F)F)cc1Cl. The average molecular weight is 431 g/mol. The number of rotatable bonds is 7. The molecule has 0 aliphatic carbocycles. The van der Waals surface area contributed by atoms with Gasteiger partial charge in [0.1, 0.15) is 5.75 Å². The number of pyridine rings is 1. The van der Waals surface area contributed by atoms with Gasteiger partial charge in [0.05, 0.1) is 10.6 Å². The number of hydrogen-bond acceptors (Lipinski definition) is 4. The molecule has 0 unspecified atom stereocenters. The third kappa shape index (κ3) is 6.01. The highest BCUT2D eigenvalue weighted by Gasteiger charge is 2.33. The van der Waals surface area contributed by atoms with Gasteiger partial charge < -0.3 is 4.74 Å². The van der Waals surface area contributed by atoms with E-state index >= 15 is 0 Å². The molecule has 0 fully saturated rings. The fourth-order valence-electron chi connectivity index (χ4n) is 2.01. The molecule has 0 amide bonds. The first kappa shape index (κ1) is 21.3. The Labute approximate surface area is 156 Å². The summed E-state index contributed by atoms with van der Waals surface area (Å²) in [4.78, 5) is 3.29. The topological polar surface area (TPSA) is 68.3 Å². The van der Waals surface area contributed by atoms with Crippen LogP contribution < -0.4 is 9.46 Å². The van der Waals surface area contributed by atoms with Crippen LogP contribution in [0.25, 0.3) is 0 Å². The molecule has 1 aromatic heterocycles. The van der Waals surface area contributed by atoms with Gasteiger partial charge in [-0.1, -0.05) is 23.7 Å². The molecule has 2 aromatic rings. The molecule has 0 radical (unpaired) electrons. The van der Waals surface area contributed by atoms with Crippen molar-refractivity contribution >= 4 is 21.6 Å². The van der Waals surface area contributed by atoms with Crippen LogP contribution in [0.3, 0.4) is 0 Å². The number of nitrogens with zero attached hydrogens (tertiary/aromatic N) is 1. The van der Waals surface area contributed by atoms with Gasteiger partial charge in [0, 0.05) is 12.7 Å². The lowest BCUT2D eigenvalue weighted by molar-refractivity contribution is -0.137. The Kier molecular flexibility index (Phi) is 6.60. The highest BCUT2D eigenvalue weighted by Crippen LogP contribution is 2.32. The zero-order valence-electron chi connectivity index (χ0n) is 13.3.